The number of para-hydroxylation sites is 1. The summed E-state index contributed by atoms with van der Waals surface area (Å²) in [5.41, 5.74) is -0.694. The van der Waals surface area contributed by atoms with Crippen LogP contribution in [-0.4, -0.2) is 36.6 Å². The van der Waals surface area contributed by atoms with Crippen LogP contribution in [0.15, 0.2) is 42.5 Å². The van der Waals surface area contributed by atoms with Crippen molar-refractivity contribution in [3.05, 3.63) is 53.6 Å². The third-order valence-corrected chi connectivity index (χ3v) is 4.77. The largest absolute Gasteiger partial charge is 0.486 e. The van der Waals surface area contributed by atoms with Gasteiger partial charge in [0.25, 0.3) is 5.91 Å². The molecule has 1 amide bonds. The lowest BCUT2D eigenvalue weighted by atomic mass is 9.88. The van der Waals surface area contributed by atoms with Crippen molar-refractivity contribution >= 4 is 17.4 Å². The van der Waals surface area contributed by atoms with Gasteiger partial charge in [-0.15, -0.1) is 6.42 Å². The SMILES string of the molecule is C#CCN1C(=O)[C@](O)(CC(=O)c2ccc3c(c2)OCCO3)c2ccccc21. The summed E-state index contributed by atoms with van der Waals surface area (Å²) in [4.78, 5) is 27.0. The van der Waals surface area contributed by atoms with E-state index in [0.29, 0.717) is 41.5 Å². The Morgan fingerprint density at radius 3 is 2.70 bits per heavy atom. The highest BCUT2D eigenvalue weighted by Crippen LogP contribution is 2.43. The summed E-state index contributed by atoms with van der Waals surface area (Å²) >= 11 is 0. The van der Waals surface area contributed by atoms with Gasteiger partial charge < -0.3 is 14.6 Å². The first-order valence-corrected chi connectivity index (χ1v) is 8.55. The van der Waals surface area contributed by atoms with Crippen LogP contribution in [0, 0.1) is 12.3 Å². The second kappa shape index (κ2) is 6.45. The number of ketones is 1. The predicted molar refractivity (Wildman–Crippen MR) is 97.9 cm³/mol. The normalized spacial score (nSPS) is 20.1. The maximum absolute atomic E-state index is 12.9. The smallest absolute Gasteiger partial charge is 0.265 e. The number of carbonyl (C=O) groups excluding carboxylic acids is 2. The summed E-state index contributed by atoms with van der Waals surface area (Å²) in [6, 6.07) is 11.6. The number of nitrogens with zero attached hydrogens (tertiary/aromatic N) is 1. The number of fused-ring (bicyclic) bond motifs is 2. The minimum absolute atomic E-state index is 0.0242. The zero-order chi connectivity index (χ0) is 19.0. The number of aliphatic hydroxyl groups is 1. The molecule has 1 atom stereocenters. The number of benzene rings is 2. The number of amides is 1. The van der Waals surface area contributed by atoms with Gasteiger partial charge in [-0.25, -0.2) is 0 Å². The first-order chi connectivity index (χ1) is 13.0. The molecule has 6 nitrogen and oxygen atoms in total. The number of hydrogen-bond acceptors (Lipinski definition) is 5. The Morgan fingerprint density at radius 1 is 1.19 bits per heavy atom. The van der Waals surface area contributed by atoms with Gasteiger partial charge in [0.15, 0.2) is 22.9 Å². The fourth-order valence-electron chi connectivity index (χ4n) is 3.48. The van der Waals surface area contributed by atoms with Gasteiger partial charge in [0.05, 0.1) is 18.7 Å². The molecule has 6 heteroatoms. The number of rotatable bonds is 4. The molecule has 0 aromatic heterocycles. The highest BCUT2D eigenvalue weighted by Gasteiger charge is 2.50. The molecule has 0 radical (unpaired) electrons. The van der Waals surface area contributed by atoms with Crippen molar-refractivity contribution in [2.45, 2.75) is 12.0 Å². The zero-order valence-electron chi connectivity index (χ0n) is 14.5. The second-order valence-corrected chi connectivity index (χ2v) is 6.43. The Labute approximate surface area is 156 Å². The third-order valence-electron chi connectivity index (χ3n) is 4.77. The molecule has 4 rings (SSSR count). The van der Waals surface area contributed by atoms with Crippen LogP contribution in [0.4, 0.5) is 5.69 Å². The predicted octanol–water partition coefficient (Wildman–Crippen LogP) is 1.90. The number of Topliss-reactive ketones (excluding diaryl/α,β-unsaturated/α-hetero) is 1. The molecular weight excluding hydrogens is 346 g/mol. The van der Waals surface area contributed by atoms with Crippen LogP contribution in [0.5, 0.6) is 11.5 Å². The van der Waals surface area contributed by atoms with Crippen LogP contribution < -0.4 is 14.4 Å². The van der Waals surface area contributed by atoms with Crippen molar-refractivity contribution < 1.29 is 24.2 Å². The number of terminal acetylenes is 1. The van der Waals surface area contributed by atoms with E-state index in [4.69, 9.17) is 15.9 Å². The molecule has 0 aliphatic carbocycles. The van der Waals surface area contributed by atoms with E-state index < -0.39 is 11.5 Å². The quantitative estimate of drug-likeness (QED) is 0.663. The van der Waals surface area contributed by atoms with Gasteiger partial charge in [-0.3, -0.25) is 14.5 Å². The summed E-state index contributed by atoms with van der Waals surface area (Å²) in [5.74, 6) is 2.50. The summed E-state index contributed by atoms with van der Waals surface area (Å²) in [7, 11) is 0. The lowest BCUT2D eigenvalue weighted by Gasteiger charge is -2.22. The average molecular weight is 363 g/mol. The lowest BCUT2D eigenvalue weighted by Crippen LogP contribution is -2.42. The van der Waals surface area contributed by atoms with Crippen LogP contribution in [0.2, 0.25) is 0 Å². The van der Waals surface area contributed by atoms with Crippen molar-refractivity contribution in [1.82, 2.24) is 0 Å². The Balaban J connectivity index is 1.66. The lowest BCUT2D eigenvalue weighted by molar-refractivity contribution is -0.135. The molecule has 0 fully saturated rings. The van der Waals surface area contributed by atoms with Crippen LogP contribution in [-0.2, 0) is 10.4 Å². The van der Waals surface area contributed by atoms with Gasteiger partial charge in [-0.1, -0.05) is 24.1 Å². The minimum atomic E-state index is -1.95. The maximum atomic E-state index is 12.9. The van der Waals surface area contributed by atoms with E-state index >= 15 is 0 Å². The Bertz CT molecular complexity index is 977. The van der Waals surface area contributed by atoms with Gasteiger partial charge in [-0.2, -0.15) is 0 Å². The average Bonchev–Trinajstić information content (AvgIpc) is 2.90. The molecule has 27 heavy (non-hydrogen) atoms. The molecular formula is C21H17NO5. The number of anilines is 1. The van der Waals surface area contributed by atoms with Crippen molar-refractivity contribution in [3.8, 4) is 23.8 Å². The van der Waals surface area contributed by atoms with E-state index in [2.05, 4.69) is 5.92 Å². The molecule has 2 aliphatic heterocycles. The van der Waals surface area contributed by atoms with Crippen molar-refractivity contribution in [2.24, 2.45) is 0 Å². The van der Waals surface area contributed by atoms with E-state index in [0.717, 1.165) is 0 Å². The van der Waals surface area contributed by atoms with Crippen LogP contribution in [0.25, 0.3) is 0 Å². The molecule has 0 unspecified atom stereocenters. The Hall–Kier alpha value is -3.30. The molecule has 2 heterocycles. The Kier molecular flexibility index (Phi) is 4.09. The molecule has 2 aliphatic rings. The van der Waals surface area contributed by atoms with E-state index in [9.17, 15) is 14.7 Å². The standard InChI is InChI=1S/C21H17NO5/c1-2-9-22-16-6-4-3-5-15(16)21(25,20(22)24)13-17(23)14-7-8-18-19(12-14)27-11-10-26-18/h1,3-8,12,25H,9-11,13H2/t21-/m0/s1. The van der Waals surface area contributed by atoms with Crippen LogP contribution >= 0.6 is 0 Å². The van der Waals surface area contributed by atoms with Crippen LogP contribution in [0.1, 0.15) is 22.3 Å². The first-order valence-electron chi connectivity index (χ1n) is 8.55. The Morgan fingerprint density at radius 2 is 1.93 bits per heavy atom. The molecule has 2 aromatic carbocycles. The van der Waals surface area contributed by atoms with Crippen molar-refractivity contribution in [3.63, 3.8) is 0 Å². The van der Waals surface area contributed by atoms with E-state index in [1.165, 1.54) is 4.90 Å². The molecule has 0 saturated heterocycles. The first kappa shape index (κ1) is 17.1. The third kappa shape index (κ3) is 2.73. The van der Waals surface area contributed by atoms with Crippen molar-refractivity contribution in [1.29, 1.82) is 0 Å². The van der Waals surface area contributed by atoms with Gasteiger partial charge in [0.1, 0.15) is 13.2 Å². The topological polar surface area (TPSA) is 76.1 Å². The summed E-state index contributed by atoms with van der Waals surface area (Å²) in [6.45, 7) is 0.883. The van der Waals surface area contributed by atoms with E-state index in [1.54, 1.807) is 42.5 Å². The number of hydrogen-bond donors (Lipinski definition) is 1. The fraction of sp³-hybridized carbons (Fsp3) is 0.238. The maximum Gasteiger partial charge on any atom is 0.265 e. The molecule has 0 saturated carbocycles. The molecule has 1 N–H and O–H groups in total. The monoisotopic (exact) mass is 363 g/mol. The summed E-state index contributed by atoms with van der Waals surface area (Å²) in [5, 5.41) is 11.1. The fourth-order valence-corrected chi connectivity index (χ4v) is 3.48. The van der Waals surface area contributed by atoms with E-state index in [-0.39, 0.29) is 18.7 Å². The molecule has 0 bridgehead atoms. The summed E-state index contributed by atoms with van der Waals surface area (Å²) < 4.78 is 10.9. The molecule has 2 aromatic rings. The molecule has 136 valence electrons. The zero-order valence-corrected chi connectivity index (χ0v) is 14.5. The van der Waals surface area contributed by atoms with Gasteiger partial charge >= 0.3 is 0 Å². The highest BCUT2D eigenvalue weighted by atomic mass is 16.6. The van der Waals surface area contributed by atoms with Gasteiger partial charge in [-0.05, 0) is 24.3 Å². The minimum Gasteiger partial charge on any atom is -0.486 e. The summed E-state index contributed by atoms with van der Waals surface area (Å²) in [6.07, 6.45) is 4.97. The van der Waals surface area contributed by atoms with Gasteiger partial charge in [0.2, 0.25) is 0 Å². The van der Waals surface area contributed by atoms with E-state index in [1.807, 2.05) is 0 Å². The number of carbonyl (C=O) groups is 2. The van der Waals surface area contributed by atoms with Crippen molar-refractivity contribution in [2.75, 3.05) is 24.7 Å². The van der Waals surface area contributed by atoms with Crippen LogP contribution in [0.3, 0.4) is 0 Å². The number of ether oxygens (including phenoxy) is 2. The second-order valence-electron chi connectivity index (χ2n) is 6.43. The van der Waals surface area contributed by atoms with Gasteiger partial charge in [0, 0.05) is 11.1 Å². The highest BCUT2D eigenvalue weighted by molar-refractivity contribution is 6.11. The molecule has 0 spiro atoms.